The average Bonchev–Trinajstić information content (AvgIpc) is 2.94. The highest BCUT2D eigenvalue weighted by molar-refractivity contribution is 7.99. The Labute approximate surface area is 174 Å². The molecule has 1 aromatic heterocycles. The van der Waals surface area contributed by atoms with E-state index in [-0.39, 0.29) is 29.9 Å². The Morgan fingerprint density at radius 2 is 2.22 bits per heavy atom. The number of aliphatic hydroxyl groups is 1. The molecule has 1 saturated heterocycles. The number of ether oxygens (including phenoxy) is 3. The molecule has 1 unspecified atom stereocenters. The number of aromatic nitrogens is 2. The largest absolute Gasteiger partial charge is 0.394 e. The molecule has 10 heteroatoms. The van der Waals surface area contributed by atoms with Crippen LogP contribution in [-0.2, 0) is 14.2 Å². The van der Waals surface area contributed by atoms with Crippen molar-refractivity contribution in [2.75, 3.05) is 30.0 Å². The maximum absolute atomic E-state index is 9.16. The van der Waals surface area contributed by atoms with Crippen LogP contribution in [0.3, 0.4) is 0 Å². The van der Waals surface area contributed by atoms with Crippen LogP contribution in [0.5, 0.6) is 0 Å². The predicted molar refractivity (Wildman–Crippen MR) is 105 cm³/mol. The molecule has 2 heterocycles. The Morgan fingerprint density at radius 3 is 2.93 bits per heavy atom. The van der Waals surface area contributed by atoms with E-state index < -0.39 is 36.5 Å². The standard InChI is InChI=1S/C17H27ClN4O4S/c1-4-7-27-16-21-14(18)11(19)15(22-16)20-9-8-10(24-6-5-23)13-12(9)25-17(2,3)26-13/h9-10,12-13,23H,4-8,19H2,1-3H3,(H,20,21,22)/t9-,10+,12+,13-/m1/s1/i8D,9D,12D,13D/t8?,9-,10+,12+,13-. The molecule has 152 valence electrons. The third kappa shape index (κ3) is 4.78. The molecule has 0 aromatic carbocycles. The fraction of sp³-hybridized carbons (Fsp3) is 0.765. The smallest absolute Gasteiger partial charge is 0.191 e. The number of halogens is 1. The zero-order valence-electron chi connectivity index (χ0n) is 19.4. The van der Waals surface area contributed by atoms with Crippen LogP contribution in [0.15, 0.2) is 5.16 Å². The van der Waals surface area contributed by atoms with E-state index in [2.05, 4.69) is 15.3 Å². The molecule has 3 rings (SSSR count). The zero-order chi connectivity index (χ0) is 23.2. The normalized spacial score (nSPS) is 42.1. The summed E-state index contributed by atoms with van der Waals surface area (Å²) in [5.41, 5.74) is 5.97. The molecule has 0 amide bonds. The van der Waals surface area contributed by atoms with Crippen LogP contribution in [0.25, 0.3) is 0 Å². The van der Waals surface area contributed by atoms with Crippen molar-refractivity contribution in [3.8, 4) is 0 Å². The fourth-order valence-electron chi connectivity index (χ4n) is 2.61. The molecule has 1 aliphatic heterocycles. The molecule has 1 aliphatic carbocycles. The van der Waals surface area contributed by atoms with Gasteiger partial charge in [0.1, 0.15) is 17.8 Å². The number of nitrogens with one attached hydrogen (secondary N) is 1. The minimum absolute atomic E-state index is 0.0348. The summed E-state index contributed by atoms with van der Waals surface area (Å²) in [6, 6.07) is -2.29. The fourth-order valence-corrected chi connectivity index (χ4v) is 3.53. The van der Waals surface area contributed by atoms with Gasteiger partial charge in [-0.3, -0.25) is 0 Å². The summed E-state index contributed by atoms with van der Waals surface area (Å²) in [7, 11) is 0. The number of nitrogen functional groups attached to an aromatic ring is 1. The summed E-state index contributed by atoms with van der Waals surface area (Å²) in [5.74, 6) is -0.709. The first-order valence-corrected chi connectivity index (χ1v) is 10.0. The van der Waals surface area contributed by atoms with Crippen molar-refractivity contribution < 1.29 is 24.8 Å². The van der Waals surface area contributed by atoms with E-state index in [1.165, 1.54) is 25.6 Å². The topological polar surface area (TPSA) is 112 Å². The van der Waals surface area contributed by atoms with Crippen LogP contribution in [0, 0.1) is 0 Å². The van der Waals surface area contributed by atoms with E-state index in [9.17, 15) is 0 Å². The molecule has 5 atom stereocenters. The molecule has 0 spiro atoms. The Bertz CT molecular complexity index is 846. The lowest BCUT2D eigenvalue weighted by molar-refractivity contribution is -0.167. The Morgan fingerprint density at radius 1 is 1.48 bits per heavy atom. The minimum Gasteiger partial charge on any atom is -0.394 e. The van der Waals surface area contributed by atoms with Gasteiger partial charge in [-0.05, 0) is 26.7 Å². The molecule has 0 bridgehead atoms. The van der Waals surface area contributed by atoms with E-state index in [1.54, 1.807) is 0 Å². The van der Waals surface area contributed by atoms with Crippen LogP contribution in [0.4, 0.5) is 11.5 Å². The molecule has 2 fully saturated rings. The van der Waals surface area contributed by atoms with Gasteiger partial charge in [-0.2, -0.15) is 0 Å². The number of anilines is 2. The number of fused-ring (bicyclic) bond motifs is 1. The molecule has 2 aliphatic rings. The van der Waals surface area contributed by atoms with Crippen molar-refractivity contribution in [2.45, 2.75) is 68.8 Å². The van der Waals surface area contributed by atoms with Crippen LogP contribution in [0.1, 0.15) is 39.1 Å². The number of hydrogen-bond acceptors (Lipinski definition) is 9. The highest BCUT2D eigenvalue weighted by Crippen LogP contribution is 2.41. The molecule has 1 saturated carbocycles. The van der Waals surface area contributed by atoms with Gasteiger partial charge in [0.25, 0.3) is 0 Å². The number of nitrogens with two attached hydrogens (primary N) is 1. The monoisotopic (exact) mass is 422 g/mol. The lowest BCUT2D eigenvalue weighted by Gasteiger charge is -2.24. The molecular formula is C17H27ClN4O4S. The van der Waals surface area contributed by atoms with Gasteiger partial charge in [0, 0.05) is 7.12 Å². The summed E-state index contributed by atoms with van der Waals surface area (Å²) in [6.45, 7) is 4.46. The molecule has 1 aromatic rings. The van der Waals surface area contributed by atoms with Gasteiger partial charge in [0.15, 0.2) is 21.9 Å². The van der Waals surface area contributed by atoms with Crippen LogP contribution in [-0.4, -0.2) is 64.1 Å². The Kier molecular flexibility index (Phi) is 5.14. The lowest BCUT2D eigenvalue weighted by Crippen LogP contribution is -2.35. The van der Waals surface area contributed by atoms with Crippen molar-refractivity contribution in [3.05, 3.63) is 5.15 Å². The predicted octanol–water partition coefficient (Wildman–Crippen LogP) is 2.30. The third-order valence-corrected chi connectivity index (χ3v) is 5.05. The number of rotatable bonds is 8. The summed E-state index contributed by atoms with van der Waals surface area (Å²) >= 11 is 7.49. The highest BCUT2D eigenvalue weighted by Gasteiger charge is 2.54. The van der Waals surface area contributed by atoms with E-state index in [1.807, 2.05) is 6.92 Å². The third-order valence-electron chi connectivity index (χ3n) is 3.70. The van der Waals surface area contributed by atoms with Crippen molar-refractivity contribution in [2.24, 2.45) is 0 Å². The molecule has 27 heavy (non-hydrogen) atoms. The lowest BCUT2D eigenvalue weighted by atomic mass is 10.2. The van der Waals surface area contributed by atoms with Crippen molar-refractivity contribution in [3.63, 3.8) is 0 Å². The van der Waals surface area contributed by atoms with Gasteiger partial charge in [0.2, 0.25) is 0 Å². The van der Waals surface area contributed by atoms with Crippen LogP contribution >= 0.6 is 23.4 Å². The van der Waals surface area contributed by atoms with Crippen LogP contribution in [0.2, 0.25) is 5.15 Å². The van der Waals surface area contributed by atoms with E-state index in [4.69, 9.17) is 42.1 Å². The number of hydrogen-bond donors (Lipinski definition) is 3. The maximum Gasteiger partial charge on any atom is 0.191 e. The Balaban J connectivity index is 2.06. The summed E-state index contributed by atoms with van der Waals surface area (Å²) < 4.78 is 52.5. The summed E-state index contributed by atoms with van der Waals surface area (Å²) in [5, 5.41) is 12.2. The molecular weight excluding hydrogens is 392 g/mol. The van der Waals surface area contributed by atoms with E-state index in [0.29, 0.717) is 5.16 Å². The maximum atomic E-state index is 9.16. The Hall–Kier alpha value is -0.840. The summed E-state index contributed by atoms with van der Waals surface area (Å²) in [6.07, 6.45) is -6.69. The number of nitrogens with zero attached hydrogens (tertiary/aromatic N) is 2. The quantitative estimate of drug-likeness (QED) is 0.330. The van der Waals surface area contributed by atoms with Gasteiger partial charge in [-0.25, -0.2) is 9.97 Å². The van der Waals surface area contributed by atoms with Gasteiger partial charge in [0.05, 0.1) is 29.4 Å². The second-order valence-corrected chi connectivity index (χ2v) is 7.85. The average molecular weight is 423 g/mol. The van der Waals surface area contributed by atoms with Gasteiger partial charge in [-0.1, -0.05) is 30.3 Å². The van der Waals surface area contributed by atoms with Gasteiger partial charge >= 0.3 is 0 Å². The van der Waals surface area contributed by atoms with Crippen molar-refractivity contribution in [1.29, 1.82) is 0 Å². The first-order valence-electron chi connectivity index (χ1n) is 10.7. The number of thioether (sulfide) groups is 1. The van der Waals surface area contributed by atoms with Gasteiger partial charge < -0.3 is 30.4 Å². The SMILES string of the molecule is [2H]C1[C@H](OCCO)[C@@]2([2H])OC(C)(C)O[C@@]2([2H])[C@]1([2H])Nc1nc(SCCC)nc(Cl)c1N. The molecule has 4 N–H and O–H groups in total. The van der Waals surface area contributed by atoms with E-state index >= 15 is 0 Å². The molecule has 8 nitrogen and oxygen atoms in total. The second-order valence-electron chi connectivity index (χ2n) is 6.43. The van der Waals surface area contributed by atoms with Gasteiger partial charge in [-0.15, -0.1) is 0 Å². The number of aliphatic hydroxyl groups excluding tert-OH is 1. The minimum atomic E-state index is -2.41. The van der Waals surface area contributed by atoms with E-state index in [0.717, 1.165) is 12.2 Å². The zero-order valence-corrected chi connectivity index (χ0v) is 17.0. The summed E-state index contributed by atoms with van der Waals surface area (Å²) in [4.78, 5) is 8.43. The highest BCUT2D eigenvalue weighted by atomic mass is 35.5. The first-order chi connectivity index (χ1) is 14.3. The molecule has 0 radical (unpaired) electrons. The van der Waals surface area contributed by atoms with Crippen LogP contribution < -0.4 is 11.1 Å². The first kappa shape index (κ1) is 16.0. The second kappa shape index (κ2) is 8.67. The van der Waals surface area contributed by atoms with Crippen molar-refractivity contribution in [1.82, 2.24) is 9.97 Å². The van der Waals surface area contributed by atoms with Crippen molar-refractivity contribution >= 4 is 34.9 Å².